The highest BCUT2D eigenvalue weighted by molar-refractivity contribution is 8.00. The normalized spacial score (nSPS) is 17.3. The molecule has 2 nitrogen and oxygen atoms in total. The number of hydrogen-bond acceptors (Lipinski definition) is 2. The van der Waals surface area contributed by atoms with Gasteiger partial charge in [-0.1, -0.05) is 6.42 Å². The molecule has 1 amide bonds. The summed E-state index contributed by atoms with van der Waals surface area (Å²) in [6.45, 7) is 0.699. The van der Waals surface area contributed by atoms with Crippen molar-refractivity contribution in [1.29, 1.82) is 0 Å². The number of benzene rings is 1. The Hall–Kier alpha value is -1.03. The van der Waals surface area contributed by atoms with Crippen LogP contribution in [0, 0.1) is 5.82 Å². The van der Waals surface area contributed by atoms with Crippen molar-refractivity contribution in [1.82, 2.24) is 5.32 Å². The number of thioether (sulfide) groups is 1. The Morgan fingerprint density at radius 3 is 2.53 bits per heavy atom. The zero-order valence-corrected chi connectivity index (χ0v) is 10.6. The van der Waals surface area contributed by atoms with Crippen LogP contribution in [0.4, 0.5) is 4.39 Å². The molecule has 0 radical (unpaired) electrons. The Kier molecular flexibility index (Phi) is 3.72. The Labute approximate surface area is 105 Å². The largest absolute Gasteiger partial charge is 0.351 e. The fourth-order valence-corrected chi connectivity index (χ4v) is 2.88. The van der Waals surface area contributed by atoms with Gasteiger partial charge >= 0.3 is 0 Å². The molecule has 1 aromatic rings. The average molecular weight is 253 g/mol. The van der Waals surface area contributed by atoms with E-state index < -0.39 is 0 Å². The Morgan fingerprint density at radius 2 is 2.06 bits per heavy atom. The van der Waals surface area contributed by atoms with Crippen molar-refractivity contribution in [3.8, 4) is 0 Å². The quantitative estimate of drug-likeness (QED) is 0.894. The first-order valence-electron chi connectivity index (χ1n) is 5.74. The van der Waals surface area contributed by atoms with Gasteiger partial charge in [-0.25, -0.2) is 4.39 Å². The number of amides is 1. The summed E-state index contributed by atoms with van der Waals surface area (Å²) in [5, 5.41) is 2.93. The smallest absolute Gasteiger partial charge is 0.251 e. The van der Waals surface area contributed by atoms with E-state index in [0.29, 0.717) is 12.1 Å². The van der Waals surface area contributed by atoms with Crippen LogP contribution in [0.15, 0.2) is 24.3 Å². The monoisotopic (exact) mass is 253 g/mol. The lowest BCUT2D eigenvalue weighted by atomic mass is 9.84. The summed E-state index contributed by atoms with van der Waals surface area (Å²) < 4.78 is 12.9. The molecule has 92 valence electrons. The first kappa shape index (κ1) is 12.4. The van der Waals surface area contributed by atoms with E-state index in [9.17, 15) is 9.18 Å². The summed E-state index contributed by atoms with van der Waals surface area (Å²) in [7, 11) is 0. The molecule has 1 aromatic carbocycles. The van der Waals surface area contributed by atoms with E-state index in [1.54, 1.807) is 0 Å². The predicted octanol–water partition coefficient (Wildman–Crippen LogP) is 2.84. The van der Waals surface area contributed by atoms with Gasteiger partial charge in [0.15, 0.2) is 0 Å². The second kappa shape index (κ2) is 5.08. The molecular weight excluding hydrogens is 237 g/mol. The van der Waals surface area contributed by atoms with Crippen molar-refractivity contribution in [2.75, 3.05) is 12.8 Å². The lowest BCUT2D eigenvalue weighted by Gasteiger charge is -2.40. The van der Waals surface area contributed by atoms with E-state index in [4.69, 9.17) is 0 Å². The maximum absolute atomic E-state index is 12.7. The Morgan fingerprint density at radius 1 is 1.41 bits per heavy atom. The van der Waals surface area contributed by atoms with Crippen molar-refractivity contribution in [3.63, 3.8) is 0 Å². The summed E-state index contributed by atoms with van der Waals surface area (Å²) >= 11 is 1.82. The van der Waals surface area contributed by atoms with Gasteiger partial charge in [0.25, 0.3) is 5.91 Å². The van der Waals surface area contributed by atoms with Gasteiger partial charge in [0, 0.05) is 16.9 Å². The van der Waals surface area contributed by atoms with Gasteiger partial charge in [-0.05, 0) is 43.4 Å². The van der Waals surface area contributed by atoms with Crippen molar-refractivity contribution in [2.24, 2.45) is 0 Å². The third-order valence-corrected chi connectivity index (χ3v) is 4.79. The van der Waals surface area contributed by atoms with E-state index in [0.717, 1.165) is 12.8 Å². The highest BCUT2D eigenvalue weighted by Crippen LogP contribution is 2.42. The minimum Gasteiger partial charge on any atom is -0.351 e. The summed E-state index contributed by atoms with van der Waals surface area (Å²) in [5.74, 6) is -0.438. The molecule has 0 aromatic heterocycles. The van der Waals surface area contributed by atoms with Gasteiger partial charge in [0.2, 0.25) is 0 Å². The molecule has 1 aliphatic carbocycles. The summed E-state index contributed by atoms with van der Waals surface area (Å²) in [6.07, 6.45) is 5.66. The third kappa shape index (κ3) is 2.80. The van der Waals surface area contributed by atoms with Crippen LogP contribution in [0.3, 0.4) is 0 Å². The van der Waals surface area contributed by atoms with Crippen molar-refractivity contribution >= 4 is 17.7 Å². The van der Waals surface area contributed by atoms with Crippen molar-refractivity contribution in [2.45, 2.75) is 24.0 Å². The minimum absolute atomic E-state index is 0.120. The molecule has 1 aliphatic rings. The maximum atomic E-state index is 12.7. The van der Waals surface area contributed by atoms with E-state index in [1.807, 2.05) is 11.8 Å². The number of rotatable bonds is 4. The summed E-state index contributed by atoms with van der Waals surface area (Å²) in [6, 6.07) is 5.64. The van der Waals surface area contributed by atoms with Crippen LogP contribution in [-0.2, 0) is 0 Å². The molecule has 0 bridgehead atoms. The second-order valence-electron chi connectivity index (χ2n) is 4.43. The molecule has 17 heavy (non-hydrogen) atoms. The maximum Gasteiger partial charge on any atom is 0.251 e. The molecule has 1 fully saturated rings. The average Bonchev–Trinajstić information content (AvgIpc) is 2.29. The number of carbonyl (C=O) groups is 1. The highest BCUT2D eigenvalue weighted by Gasteiger charge is 2.36. The molecule has 2 rings (SSSR count). The topological polar surface area (TPSA) is 29.1 Å². The van der Waals surface area contributed by atoms with Crippen LogP contribution >= 0.6 is 11.8 Å². The molecular formula is C13H16FNOS. The molecule has 1 N–H and O–H groups in total. The molecule has 1 saturated carbocycles. The second-order valence-corrected chi connectivity index (χ2v) is 5.70. The summed E-state index contributed by atoms with van der Waals surface area (Å²) in [5.41, 5.74) is 0.516. The summed E-state index contributed by atoms with van der Waals surface area (Å²) in [4.78, 5) is 11.8. The van der Waals surface area contributed by atoms with Gasteiger partial charge < -0.3 is 5.32 Å². The number of nitrogens with one attached hydrogen (secondary N) is 1. The molecule has 0 atom stereocenters. The Balaban J connectivity index is 1.91. The molecule has 0 spiro atoms. The number of hydrogen-bond donors (Lipinski definition) is 1. The fourth-order valence-electron chi connectivity index (χ4n) is 1.97. The highest BCUT2D eigenvalue weighted by atomic mass is 32.2. The SMILES string of the molecule is CSC1(CNC(=O)c2ccc(F)cc2)CCC1. The van der Waals surface area contributed by atoms with Crippen molar-refractivity contribution in [3.05, 3.63) is 35.6 Å². The minimum atomic E-state index is -0.318. The fraction of sp³-hybridized carbons (Fsp3) is 0.462. The molecule has 0 heterocycles. The molecule has 4 heteroatoms. The number of carbonyl (C=O) groups excluding carboxylic acids is 1. The van der Waals surface area contributed by atoms with Gasteiger partial charge in [-0.3, -0.25) is 4.79 Å². The number of halogens is 1. The lowest BCUT2D eigenvalue weighted by Crippen LogP contribution is -2.45. The standard InChI is InChI=1S/C13H16FNOS/c1-17-13(7-2-8-13)9-15-12(16)10-3-5-11(14)6-4-10/h3-6H,2,7-9H2,1H3,(H,15,16). The van der Waals surface area contributed by atoms with E-state index in [2.05, 4.69) is 11.6 Å². The van der Waals surface area contributed by atoms with E-state index in [-0.39, 0.29) is 16.5 Å². The first-order valence-corrected chi connectivity index (χ1v) is 6.97. The van der Waals surface area contributed by atoms with Crippen LogP contribution in [-0.4, -0.2) is 23.5 Å². The van der Waals surface area contributed by atoms with Crippen LogP contribution in [0.1, 0.15) is 29.6 Å². The van der Waals surface area contributed by atoms with E-state index >= 15 is 0 Å². The predicted molar refractivity (Wildman–Crippen MR) is 68.8 cm³/mol. The molecule has 0 aliphatic heterocycles. The van der Waals surface area contributed by atoms with Crippen molar-refractivity contribution < 1.29 is 9.18 Å². The Bertz CT molecular complexity index is 395. The van der Waals surface area contributed by atoms with Gasteiger partial charge in [-0.2, -0.15) is 11.8 Å². The van der Waals surface area contributed by atoms with Crippen LogP contribution in [0.25, 0.3) is 0 Å². The van der Waals surface area contributed by atoms with Crippen LogP contribution in [0.2, 0.25) is 0 Å². The van der Waals surface area contributed by atoms with E-state index in [1.165, 1.54) is 30.7 Å². The molecule has 0 saturated heterocycles. The van der Waals surface area contributed by atoms with Gasteiger partial charge in [-0.15, -0.1) is 0 Å². The zero-order valence-electron chi connectivity index (χ0n) is 9.83. The van der Waals surface area contributed by atoms with Gasteiger partial charge in [0.05, 0.1) is 0 Å². The van der Waals surface area contributed by atoms with Crippen LogP contribution < -0.4 is 5.32 Å². The zero-order chi connectivity index (χ0) is 12.3. The lowest BCUT2D eigenvalue weighted by molar-refractivity contribution is 0.0944. The first-order chi connectivity index (χ1) is 8.15. The third-order valence-electron chi connectivity index (χ3n) is 3.38. The van der Waals surface area contributed by atoms with Crippen LogP contribution in [0.5, 0.6) is 0 Å². The van der Waals surface area contributed by atoms with Gasteiger partial charge in [0.1, 0.15) is 5.82 Å². The molecule has 0 unspecified atom stereocenters.